The van der Waals surface area contributed by atoms with Gasteiger partial charge in [-0.05, 0) is 0 Å². The van der Waals surface area contributed by atoms with Gasteiger partial charge in [-0.25, -0.2) is 4.57 Å². The van der Waals surface area contributed by atoms with E-state index in [0.29, 0.717) is 0 Å². The molecule has 0 aromatic carbocycles. The molecular formula is C17H24N4+2. The number of pyridine rings is 2. The standard InChI is InChI=1S/C17H24N4/c1-18(2)16-6-12-20(13-7-16)10-5-11-21-14-8-17(9-15-21)19(3)4/h5-10,12-15H,11H2,1-4H3/q+2/b10-5+. The van der Waals surface area contributed by atoms with Crippen LogP contribution in [0.25, 0.3) is 6.20 Å². The van der Waals surface area contributed by atoms with Crippen LogP contribution in [0.2, 0.25) is 0 Å². The van der Waals surface area contributed by atoms with Gasteiger partial charge in [0.1, 0.15) is 0 Å². The highest BCUT2D eigenvalue weighted by Gasteiger charge is 2.01. The zero-order valence-electron chi connectivity index (χ0n) is 13.3. The molecule has 0 bridgehead atoms. The van der Waals surface area contributed by atoms with E-state index in [1.54, 1.807) is 0 Å². The minimum absolute atomic E-state index is 0.857. The van der Waals surface area contributed by atoms with Gasteiger partial charge in [-0.15, -0.1) is 0 Å². The lowest BCUT2D eigenvalue weighted by Crippen LogP contribution is -2.33. The van der Waals surface area contributed by atoms with Crippen molar-refractivity contribution in [3.05, 3.63) is 55.1 Å². The molecule has 0 fully saturated rings. The highest BCUT2D eigenvalue weighted by Crippen LogP contribution is 2.06. The second-order valence-electron chi connectivity index (χ2n) is 5.43. The average Bonchev–Trinajstić information content (AvgIpc) is 2.48. The van der Waals surface area contributed by atoms with Crippen LogP contribution in [-0.2, 0) is 6.54 Å². The fraction of sp³-hybridized carbons (Fsp3) is 0.294. The largest absolute Gasteiger partial charge is 0.377 e. The van der Waals surface area contributed by atoms with Crippen LogP contribution < -0.4 is 18.9 Å². The van der Waals surface area contributed by atoms with Crippen LogP contribution in [0.3, 0.4) is 0 Å². The Morgan fingerprint density at radius 1 is 0.810 bits per heavy atom. The molecule has 4 nitrogen and oxygen atoms in total. The summed E-state index contributed by atoms with van der Waals surface area (Å²) in [5.74, 6) is 0. The van der Waals surface area contributed by atoms with Gasteiger partial charge in [-0.2, -0.15) is 4.57 Å². The first-order valence-electron chi connectivity index (χ1n) is 7.07. The maximum absolute atomic E-state index is 2.15. The fourth-order valence-corrected chi connectivity index (χ4v) is 1.99. The van der Waals surface area contributed by atoms with Gasteiger partial charge in [-0.1, -0.05) is 0 Å². The molecule has 0 unspecified atom stereocenters. The number of hydrogen-bond acceptors (Lipinski definition) is 2. The van der Waals surface area contributed by atoms with Gasteiger partial charge in [0, 0.05) is 69.9 Å². The summed E-state index contributed by atoms with van der Waals surface area (Å²) in [5, 5.41) is 0. The number of allylic oxidation sites excluding steroid dienone is 1. The normalized spacial score (nSPS) is 10.9. The van der Waals surface area contributed by atoms with Crippen molar-refractivity contribution in [2.75, 3.05) is 38.0 Å². The van der Waals surface area contributed by atoms with Crippen LogP contribution in [0.15, 0.2) is 55.1 Å². The van der Waals surface area contributed by atoms with Gasteiger partial charge < -0.3 is 9.80 Å². The third-order valence-corrected chi connectivity index (χ3v) is 3.33. The predicted molar refractivity (Wildman–Crippen MR) is 87.3 cm³/mol. The van der Waals surface area contributed by atoms with Gasteiger partial charge in [0.25, 0.3) is 0 Å². The Morgan fingerprint density at radius 2 is 1.29 bits per heavy atom. The minimum atomic E-state index is 0.857. The zero-order valence-corrected chi connectivity index (χ0v) is 13.3. The lowest BCUT2D eigenvalue weighted by molar-refractivity contribution is -0.687. The van der Waals surface area contributed by atoms with E-state index in [1.807, 2.05) is 28.2 Å². The van der Waals surface area contributed by atoms with E-state index in [9.17, 15) is 0 Å². The third-order valence-electron chi connectivity index (χ3n) is 3.33. The summed E-state index contributed by atoms with van der Waals surface area (Å²) in [6.07, 6.45) is 12.5. The predicted octanol–water partition coefficient (Wildman–Crippen LogP) is 1.56. The van der Waals surface area contributed by atoms with Crippen LogP contribution in [0.4, 0.5) is 11.4 Å². The zero-order chi connectivity index (χ0) is 15.2. The van der Waals surface area contributed by atoms with Crippen LogP contribution in [0.1, 0.15) is 0 Å². The molecule has 0 saturated carbocycles. The van der Waals surface area contributed by atoms with E-state index in [0.717, 1.165) is 6.54 Å². The first-order chi connectivity index (χ1) is 10.1. The summed E-state index contributed by atoms with van der Waals surface area (Å²) in [5.41, 5.74) is 2.41. The average molecular weight is 284 g/mol. The van der Waals surface area contributed by atoms with E-state index in [1.165, 1.54) is 11.4 Å². The molecule has 0 aliphatic carbocycles. The van der Waals surface area contributed by atoms with Crippen molar-refractivity contribution < 1.29 is 9.13 Å². The summed E-state index contributed by atoms with van der Waals surface area (Å²) in [7, 11) is 8.19. The van der Waals surface area contributed by atoms with Gasteiger partial charge in [-0.3, -0.25) is 0 Å². The van der Waals surface area contributed by atoms with Crippen LogP contribution in [-0.4, -0.2) is 28.2 Å². The van der Waals surface area contributed by atoms with Crippen molar-refractivity contribution in [2.24, 2.45) is 0 Å². The monoisotopic (exact) mass is 284 g/mol. The number of aromatic nitrogens is 2. The molecule has 2 rings (SSSR count). The molecule has 0 N–H and O–H groups in total. The molecule has 2 aromatic heterocycles. The van der Waals surface area contributed by atoms with Crippen LogP contribution in [0.5, 0.6) is 0 Å². The summed E-state index contributed by atoms with van der Waals surface area (Å²) in [4.78, 5) is 4.19. The van der Waals surface area contributed by atoms with Crippen LogP contribution >= 0.6 is 0 Å². The Balaban J connectivity index is 1.95. The maximum Gasteiger partial charge on any atom is 0.176 e. The summed E-state index contributed by atoms with van der Waals surface area (Å²) in [6.45, 7) is 0.857. The molecule has 4 heteroatoms. The molecule has 110 valence electrons. The van der Waals surface area contributed by atoms with Crippen molar-refractivity contribution in [3.8, 4) is 0 Å². The first-order valence-corrected chi connectivity index (χ1v) is 7.07. The topological polar surface area (TPSA) is 14.2 Å². The SMILES string of the molecule is CN(C)c1cc[n+](/C=C/C[n+]2ccc(N(C)C)cc2)cc1. The highest BCUT2D eigenvalue weighted by molar-refractivity contribution is 5.42. The Labute approximate surface area is 127 Å². The Kier molecular flexibility index (Phi) is 4.93. The van der Waals surface area contributed by atoms with Crippen molar-refractivity contribution in [3.63, 3.8) is 0 Å². The molecule has 21 heavy (non-hydrogen) atoms. The maximum atomic E-state index is 2.15. The molecule has 2 heterocycles. The number of rotatable bonds is 5. The van der Waals surface area contributed by atoms with Crippen molar-refractivity contribution in [1.29, 1.82) is 0 Å². The molecule has 0 spiro atoms. The number of anilines is 2. The van der Waals surface area contributed by atoms with Gasteiger partial charge in [0.05, 0.1) is 0 Å². The van der Waals surface area contributed by atoms with E-state index >= 15 is 0 Å². The number of nitrogens with zero attached hydrogens (tertiary/aromatic N) is 4. The minimum Gasteiger partial charge on any atom is -0.377 e. The molecule has 0 saturated heterocycles. The Hall–Kier alpha value is -2.36. The van der Waals surface area contributed by atoms with Crippen molar-refractivity contribution in [1.82, 2.24) is 0 Å². The highest BCUT2D eigenvalue weighted by atomic mass is 15.1. The quantitative estimate of drug-likeness (QED) is 0.774. The molecule has 0 radical (unpaired) electrons. The summed E-state index contributed by atoms with van der Waals surface area (Å²) in [6, 6.07) is 8.44. The molecular weight excluding hydrogens is 260 g/mol. The van der Waals surface area contributed by atoms with E-state index in [2.05, 4.69) is 80.3 Å². The smallest absolute Gasteiger partial charge is 0.176 e. The summed E-state index contributed by atoms with van der Waals surface area (Å²) >= 11 is 0. The van der Waals surface area contributed by atoms with Gasteiger partial charge in [0.15, 0.2) is 37.5 Å². The summed E-state index contributed by atoms with van der Waals surface area (Å²) < 4.78 is 4.21. The van der Waals surface area contributed by atoms with Gasteiger partial charge >= 0.3 is 0 Å². The lowest BCUT2D eigenvalue weighted by Gasteiger charge is -2.10. The Morgan fingerprint density at radius 3 is 1.76 bits per heavy atom. The van der Waals surface area contributed by atoms with E-state index in [4.69, 9.17) is 0 Å². The molecule has 0 amide bonds. The fourth-order valence-electron chi connectivity index (χ4n) is 1.99. The molecule has 2 aromatic rings. The molecule has 0 aliphatic heterocycles. The van der Waals surface area contributed by atoms with E-state index < -0.39 is 0 Å². The van der Waals surface area contributed by atoms with Gasteiger partial charge in [0.2, 0.25) is 0 Å². The molecule has 0 aliphatic rings. The Bertz CT molecular complexity index is 583. The molecule has 0 atom stereocenters. The lowest BCUT2D eigenvalue weighted by atomic mass is 10.3. The van der Waals surface area contributed by atoms with E-state index in [-0.39, 0.29) is 0 Å². The first kappa shape index (κ1) is 15.0. The third kappa shape index (κ3) is 4.31. The number of hydrogen-bond donors (Lipinski definition) is 0. The second kappa shape index (κ2) is 6.88. The van der Waals surface area contributed by atoms with Crippen LogP contribution in [0, 0.1) is 0 Å². The van der Waals surface area contributed by atoms with Crippen molar-refractivity contribution >= 4 is 17.6 Å². The second-order valence-corrected chi connectivity index (χ2v) is 5.43. The van der Waals surface area contributed by atoms with Crippen molar-refractivity contribution in [2.45, 2.75) is 6.54 Å².